The number of hydrogen-bond acceptors (Lipinski definition) is 4. The Morgan fingerprint density at radius 2 is 1.84 bits per heavy atom. The van der Waals surface area contributed by atoms with Gasteiger partial charge in [0, 0.05) is 6.54 Å². The number of thiocarbonyl (C=S) groups is 1. The van der Waals surface area contributed by atoms with Crippen molar-refractivity contribution in [3.63, 3.8) is 0 Å². The molecule has 3 nitrogen and oxygen atoms in total. The Kier molecular flexibility index (Phi) is 5.89. The molecule has 2 aromatic rings. The van der Waals surface area contributed by atoms with Crippen LogP contribution in [0.25, 0.3) is 6.08 Å². The number of carbonyl (C=O) groups is 1. The smallest absolute Gasteiger partial charge is 0.266 e. The first kappa shape index (κ1) is 17.7. The summed E-state index contributed by atoms with van der Waals surface area (Å²) in [5.74, 6) is 0.815. The molecule has 3 rings (SSSR count). The third kappa shape index (κ3) is 4.50. The summed E-state index contributed by atoms with van der Waals surface area (Å²) in [4.78, 5) is 15.0. The summed E-state index contributed by atoms with van der Waals surface area (Å²) >= 11 is 6.75. The highest BCUT2D eigenvalue weighted by Crippen LogP contribution is 2.32. The first-order valence-electron chi connectivity index (χ1n) is 8.19. The van der Waals surface area contributed by atoms with Crippen LogP contribution in [-0.4, -0.2) is 28.3 Å². The Bertz CT molecular complexity index is 785. The van der Waals surface area contributed by atoms with E-state index < -0.39 is 0 Å². The van der Waals surface area contributed by atoms with E-state index in [1.165, 1.54) is 17.3 Å². The monoisotopic (exact) mass is 369 g/mol. The lowest BCUT2D eigenvalue weighted by atomic mass is 10.1. The summed E-state index contributed by atoms with van der Waals surface area (Å²) in [7, 11) is 0. The molecule has 25 heavy (non-hydrogen) atoms. The van der Waals surface area contributed by atoms with Crippen molar-refractivity contribution in [3.05, 3.63) is 70.6 Å². The van der Waals surface area contributed by atoms with Gasteiger partial charge in [0.25, 0.3) is 5.91 Å². The van der Waals surface area contributed by atoms with Crippen LogP contribution >= 0.6 is 24.0 Å². The van der Waals surface area contributed by atoms with E-state index in [2.05, 4.69) is 12.1 Å². The number of benzene rings is 2. The normalized spacial score (nSPS) is 15.9. The lowest BCUT2D eigenvalue weighted by Gasteiger charge is -2.14. The van der Waals surface area contributed by atoms with E-state index in [1.54, 1.807) is 4.90 Å². The molecule has 0 atom stereocenters. The zero-order chi connectivity index (χ0) is 17.6. The Balaban J connectivity index is 1.67. The summed E-state index contributed by atoms with van der Waals surface area (Å²) in [6, 6.07) is 17.8. The van der Waals surface area contributed by atoms with Gasteiger partial charge in [-0.3, -0.25) is 9.69 Å². The van der Waals surface area contributed by atoms with Gasteiger partial charge in [0.05, 0.1) is 11.5 Å². The van der Waals surface area contributed by atoms with Crippen molar-refractivity contribution in [2.24, 2.45) is 0 Å². The van der Waals surface area contributed by atoms with Crippen molar-refractivity contribution in [1.29, 1.82) is 0 Å². The minimum Gasteiger partial charge on any atom is -0.494 e. The number of carbonyl (C=O) groups excluding carboxylic acids is 1. The number of ether oxygens (including phenoxy) is 1. The number of rotatable bonds is 6. The summed E-state index contributed by atoms with van der Waals surface area (Å²) in [5, 5.41) is 0. The molecule has 0 N–H and O–H groups in total. The van der Waals surface area contributed by atoms with E-state index in [0.29, 0.717) is 22.4 Å². The number of nitrogens with zero attached hydrogens (tertiary/aromatic N) is 1. The van der Waals surface area contributed by atoms with Crippen LogP contribution in [0.15, 0.2) is 59.5 Å². The third-order valence-corrected chi connectivity index (χ3v) is 5.21. The molecule has 0 saturated carbocycles. The average molecular weight is 370 g/mol. The van der Waals surface area contributed by atoms with E-state index in [-0.39, 0.29) is 5.91 Å². The number of thioether (sulfide) groups is 1. The van der Waals surface area contributed by atoms with Gasteiger partial charge in [0.1, 0.15) is 10.1 Å². The van der Waals surface area contributed by atoms with Crippen LogP contribution in [0.4, 0.5) is 0 Å². The molecule has 0 bridgehead atoms. The zero-order valence-electron chi connectivity index (χ0n) is 14.0. The maximum Gasteiger partial charge on any atom is 0.266 e. The second-order valence-electron chi connectivity index (χ2n) is 5.57. The molecule has 5 heteroatoms. The fourth-order valence-corrected chi connectivity index (χ4v) is 3.87. The fourth-order valence-electron chi connectivity index (χ4n) is 2.56. The molecule has 1 amide bonds. The van der Waals surface area contributed by atoms with Crippen molar-refractivity contribution < 1.29 is 9.53 Å². The lowest BCUT2D eigenvalue weighted by Crippen LogP contribution is -2.30. The predicted octanol–water partition coefficient (Wildman–Crippen LogP) is 4.53. The fraction of sp³-hybridized carbons (Fsp3) is 0.200. The maximum atomic E-state index is 12.6. The Morgan fingerprint density at radius 1 is 1.12 bits per heavy atom. The van der Waals surface area contributed by atoms with Gasteiger partial charge in [-0.05, 0) is 42.7 Å². The van der Waals surface area contributed by atoms with Crippen LogP contribution in [0.2, 0.25) is 0 Å². The second kappa shape index (κ2) is 8.32. The first-order valence-corrected chi connectivity index (χ1v) is 9.42. The van der Waals surface area contributed by atoms with E-state index in [0.717, 1.165) is 17.7 Å². The van der Waals surface area contributed by atoms with E-state index in [4.69, 9.17) is 17.0 Å². The lowest BCUT2D eigenvalue weighted by molar-refractivity contribution is -0.122. The van der Waals surface area contributed by atoms with Crippen LogP contribution in [-0.2, 0) is 11.2 Å². The molecule has 1 aliphatic rings. The largest absolute Gasteiger partial charge is 0.494 e. The molecule has 0 spiro atoms. The van der Waals surface area contributed by atoms with Gasteiger partial charge in [-0.2, -0.15) is 0 Å². The molecule has 1 saturated heterocycles. The standard InChI is InChI=1S/C20H19NO2S2/c1-2-23-17-10-8-16(9-11-17)14-18-19(22)21(20(24)25-18)13-12-15-6-4-3-5-7-15/h3-11,14H,2,12-13H2,1H3. The highest BCUT2D eigenvalue weighted by molar-refractivity contribution is 8.26. The van der Waals surface area contributed by atoms with Gasteiger partial charge >= 0.3 is 0 Å². The highest BCUT2D eigenvalue weighted by Gasteiger charge is 2.31. The van der Waals surface area contributed by atoms with Crippen LogP contribution in [0.5, 0.6) is 5.75 Å². The molecule has 1 aliphatic heterocycles. The number of hydrogen-bond donors (Lipinski definition) is 0. The van der Waals surface area contributed by atoms with Gasteiger partial charge in [0.15, 0.2) is 0 Å². The van der Waals surface area contributed by atoms with Gasteiger partial charge in [-0.15, -0.1) is 0 Å². The minimum atomic E-state index is -0.0141. The van der Waals surface area contributed by atoms with Crippen LogP contribution in [0, 0.1) is 0 Å². The molecule has 0 aliphatic carbocycles. The van der Waals surface area contributed by atoms with Gasteiger partial charge in [0.2, 0.25) is 0 Å². The zero-order valence-corrected chi connectivity index (χ0v) is 15.6. The van der Waals surface area contributed by atoms with E-state index >= 15 is 0 Å². The van der Waals surface area contributed by atoms with E-state index in [9.17, 15) is 4.79 Å². The summed E-state index contributed by atoms with van der Waals surface area (Å²) in [6.45, 7) is 3.20. The molecule has 2 aromatic carbocycles. The van der Waals surface area contributed by atoms with Gasteiger partial charge < -0.3 is 4.74 Å². The first-order chi connectivity index (χ1) is 12.2. The topological polar surface area (TPSA) is 29.5 Å². The summed E-state index contributed by atoms with van der Waals surface area (Å²) in [5.41, 5.74) is 2.17. The molecule has 0 radical (unpaired) electrons. The van der Waals surface area contributed by atoms with Crippen molar-refractivity contribution in [2.45, 2.75) is 13.3 Å². The SMILES string of the molecule is CCOc1ccc(C=C2SC(=S)N(CCc3ccccc3)C2=O)cc1. The molecule has 0 aromatic heterocycles. The predicted molar refractivity (Wildman–Crippen MR) is 108 cm³/mol. The highest BCUT2D eigenvalue weighted by atomic mass is 32.2. The molecule has 1 heterocycles. The number of amides is 1. The Labute approximate surface area is 157 Å². The summed E-state index contributed by atoms with van der Waals surface area (Å²) in [6.07, 6.45) is 2.68. The Hall–Kier alpha value is -2.11. The molecule has 128 valence electrons. The van der Waals surface area contributed by atoms with Crippen LogP contribution < -0.4 is 4.74 Å². The molecule has 0 unspecified atom stereocenters. The van der Waals surface area contributed by atoms with Crippen molar-refractivity contribution in [1.82, 2.24) is 4.90 Å². The molecule has 1 fully saturated rings. The van der Waals surface area contributed by atoms with Crippen molar-refractivity contribution >= 4 is 40.3 Å². The second-order valence-corrected chi connectivity index (χ2v) is 7.25. The van der Waals surface area contributed by atoms with Crippen molar-refractivity contribution in [2.75, 3.05) is 13.2 Å². The van der Waals surface area contributed by atoms with Gasteiger partial charge in [-0.25, -0.2) is 0 Å². The molecular weight excluding hydrogens is 350 g/mol. The minimum absolute atomic E-state index is 0.0141. The summed E-state index contributed by atoms with van der Waals surface area (Å²) < 4.78 is 6.06. The molecular formula is C20H19NO2S2. The van der Waals surface area contributed by atoms with Crippen LogP contribution in [0.1, 0.15) is 18.1 Å². The van der Waals surface area contributed by atoms with Gasteiger partial charge in [-0.1, -0.05) is 66.4 Å². The van der Waals surface area contributed by atoms with Crippen molar-refractivity contribution in [3.8, 4) is 5.75 Å². The van der Waals surface area contributed by atoms with E-state index in [1.807, 2.05) is 55.5 Å². The average Bonchev–Trinajstić information content (AvgIpc) is 2.89. The Morgan fingerprint density at radius 3 is 2.52 bits per heavy atom. The third-order valence-electron chi connectivity index (χ3n) is 3.83. The maximum absolute atomic E-state index is 12.6. The van der Waals surface area contributed by atoms with Crippen LogP contribution in [0.3, 0.4) is 0 Å². The quantitative estimate of drug-likeness (QED) is 0.553.